The Morgan fingerprint density at radius 3 is 2.83 bits per heavy atom. The Bertz CT molecular complexity index is 518. The summed E-state index contributed by atoms with van der Waals surface area (Å²) in [6.45, 7) is 4.74. The van der Waals surface area contributed by atoms with Gasteiger partial charge in [-0.25, -0.2) is 0 Å². The predicted molar refractivity (Wildman–Crippen MR) is 73.5 cm³/mol. The van der Waals surface area contributed by atoms with E-state index >= 15 is 0 Å². The highest BCUT2D eigenvalue weighted by atomic mass is 32.1. The topological polar surface area (TPSA) is 50.2 Å². The van der Waals surface area contributed by atoms with Gasteiger partial charge in [0.25, 0.3) is 5.91 Å². The van der Waals surface area contributed by atoms with Crippen molar-refractivity contribution in [1.29, 1.82) is 0 Å². The van der Waals surface area contributed by atoms with Crippen LogP contribution >= 0.6 is 12.2 Å². The fourth-order valence-electron chi connectivity index (χ4n) is 1.78. The SMILES string of the molecule is CC(C)CN1C(=O)/C(=C\c2ccnn2C)NC1=S. The van der Waals surface area contributed by atoms with Crippen LogP contribution in [0.2, 0.25) is 0 Å². The lowest BCUT2D eigenvalue weighted by Gasteiger charge is -2.15. The Hall–Kier alpha value is -1.69. The molecule has 0 aromatic carbocycles. The third-order valence-corrected chi connectivity index (χ3v) is 2.98. The summed E-state index contributed by atoms with van der Waals surface area (Å²) in [5.41, 5.74) is 1.37. The molecule has 96 valence electrons. The van der Waals surface area contributed by atoms with Gasteiger partial charge in [0, 0.05) is 19.8 Å². The Balaban J connectivity index is 2.23. The Kier molecular flexibility index (Phi) is 3.47. The number of aryl methyl sites for hydroxylation is 1. The van der Waals surface area contributed by atoms with Gasteiger partial charge >= 0.3 is 0 Å². The fraction of sp³-hybridized carbons (Fsp3) is 0.417. The highest BCUT2D eigenvalue weighted by Gasteiger charge is 2.30. The first-order valence-electron chi connectivity index (χ1n) is 5.81. The molecule has 1 aromatic rings. The second kappa shape index (κ2) is 4.89. The fourth-order valence-corrected chi connectivity index (χ4v) is 2.04. The third kappa shape index (κ3) is 2.43. The van der Waals surface area contributed by atoms with Crippen molar-refractivity contribution in [2.24, 2.45) is 13.0 Å². The number of nitrogens with zero attached hydrogens (tertiary/aromatic N) is 3. The van der Waals surface area contributed by atoms with Crippen molar-refractivity contribution in [1.82, 2.24) is 20.0 Å². The van der Waals surface area contributed by atoms with Gasteiger partial charge in [0.15, 0.2) is 5.11 Å². The van der Waals surface area contributed by atoms with Crippen LogP contribution in [0.3, 0.4) is 0 Å². The van der Waals surface area contributed by atoms with Gasteiger partial charge < -0.3 is 5.32 Å². The van der Waals surface area contributed by atoms with Crippen molar-refractivity contribution in [2.75, 3.05) is 6.54 Å². The van der Waals surface area contributed by atoms with E-state index in [1.807, 2.05) is 13.1 Å². The number of rotatable bonds is 3. The lowest BCUT2D eigenvalue weighted by Crippen LogP contribution is -2.33. The molecule has 2 rings (SSSR count). The van der Waals surface area contributed by atoms with Crippen LogP contribution in [0.1, 0.15) is 19.5 Å². The van der Waals surface area contributed by atoms with E-state index in [4.69, 9.17) is 12.2 Å². The number of hydrogen-bond donors (Lipinski definition) is 1. The van der Waals surface area contributed by atoms with E-state index < -0.39 is 0 Å². The quantitative estimate of drug-likeness (QED) is 0.657. The molecule has 1 amide bonds. The Labute approximate surface area is 111 Å². The van der Waals surface area contributed by atoms with Gasteiger partial charge in [-0.15, -0.1) is 0 Å². The third-order valence-electron chi connectivity index (χ3n) is 2.66. The second-order valence-electron chi connectivity index (χ2n) is 4.68. The molecule has 6 heteroatoms. The zero-order valence-electron chi connectivity index (χ0n) is 10.7. The average Bonchev–Trinajstić information content (AvgIpc) is 2.79. The maximum Gasteiger partial charge on any atom is 0.276 e. The maximum absolute atomic E-state index is 12.2. The van der Waals surface area contributed by atoms with Crippen LogP contribution in [0, 0.1) is 5.92 Å². The molecule has 1 N–H and O–H groups in total. The lowest BCUT2D eigenvalue weighted by atomic mass is 10.2. The van der Waals surface area contributed by atoms with E-state index in [1.54, 1.807) is 21.9 Å². The standard InChI is InChI=1S/C12H16N4OS/c1-8(2)7-16-11(17)10(14-12(16)18)6-9-4-5-13-15(9)3/h4-6,8H,7H2,1-3H3,(H,14,18)/b10-6+. The van der Waals surface area contributed by atoms with Gasteiger partial charge in [0.2, 0.25) is 0 Å². The normalized spacial score (nSPS) is 18.0. The molecule has 18 heavy (non-hydrogen) atoms. The first-order valence-corrected chi connectivity index (χ1v) is 6.22. The van der Waals surface area contributed by atoms with Gasteiger partial charge in [-0.2, -0.15) is 5.10 Å². The van der Waals surface area contributed by atoms with Crippen molar-refractivity contribution in [3.63, 3.8) is 0 Å². The molecule has 0 aliphatic carbocycles. The summed E-state index contributed by atoms with van der Waals surface area (Å²) in [5.74, 6) is 0.305. The van der Waals surface area contributed by atoms with Crippen molar-refractivity contribution < 1.29 is 4.79 Å². The highest BCUT2D eigenvalue weighted by Crippen LogP contribution is 2.15. The lowest BCUT2D eigenvalue weighted by molar-refractivity contribution is -0.122. The van der Waals surface area contributed by atoms with Crippen LogP contribution in [-0.2, 0) is 11.8 Å². The van der Waals surface area contributed by atoms with Crippen molar-refractivity contribution in [3.05, 3.63) is 23.7 Å². The summed E-state index contributed by atoms with van der Waals surface area (Å²) in [4.78, 5) is 13.8. The number of hydrogen-bond acceptors (Lipinski definition) is 3. The minimum absolute atomic E-state index is 0.0742. The van der Waals surface area contributed by atoms with Crippen LogP contribution in [0.4, 0.5) is 0 Å². The molecule has 1 aliphatic heterocycles. The average molecular weight is 264 g/mol. The van der Waals surface area contributed by atoms with Gasteiger partial charge in [-0.3, -0.25) is 14.4 Å². The predicted octanol–water partition coefficient (Wildman–Crippen LogP) is 1.13. The van der Waals surface area contributed by atoms with E-state index in [0.29, 0.717) is 23.3 Å². The maximum atomic E-state index is 12.2. The molecule has 0 bridgehead atoms. The van der Waals surface area contributed by atoms with Gasteiger partial charge in [0.1, 0.15) is 5.70 Å². The van der Waals surface area contributed by atoms with Crippen LogP contribution < -0.4 is 5.32 Å². The van der Waals surface area contributed by atoms with Crippen LogP contribution in [0.5, 0.6) is 0 Å². The molecule has 0 radical (unpaired) electrons. The largest absolute Gasteiger partial charge is 0.328 e. The van der Waals surface area contributed by atoms with Crippen LogP contribution in [0.15, 0.2) is 18.0 Å². The zero-order valence-corrected chi connectivity index (χ0v) is 11.5. The number of carbonyl (C=O) groups is 1. The molecule has 1 fully saturated rings. The summed E-state index contributed by atoms with van der Waals surface area (Å²) in [6, 6.07) is 1.84. The van der Waals surface area contributed by atoms with Crippen LogP contribution in [0.25, 0.3) is 6.08 Å². The molecule has 0 spiro atoms. The number of amides is 1. The van der Waals surface area contributed by atoms with E-state index in [0.717, 1.165) is 5.69 Å². The summed E-state index contributed by atoms with van der Waals surface area (Å²) >= 11 is 5.17. The molecular formula is C12H16N4OS. The minimum atomic E-state index is -0.0742. The summed E-state index contributed by atoms with van der Waals surface area (Å²) in [5, 5.41) is 7.48. The first-order chi connectivity index (χ1) is 8.49. The summed E-state index contributed by atoms with van der Waals surface area (Å²) in [7, 11) is 1.83. The van der Waals surface area contributed by atoms with E-state index in [1.165, 1.54) is 0 Å². The van der Waals surface area contributed by atoms with Crippen LogP contribution in [-0.4, -0.2) is 32.2 Å². The molecule has 5 nitrogen and oxygen atoms in total. The second-order valence-corrected chi connectivity index (χ2v) is 5.06. The van der Waals surface area contributed by atoms with Gasteiger partial charge in [-0.05, 0) is 30.3 Å². The monoisotopic (exact) mass is 264 g/mol. The number of aromatic nitrogens is 2. The minimum Gasteiger partial charge on any atom is -0.328 e. The van der Waals surface area contributed by atoms with E-state index in [2.05, 4.69) is 24.3 Å². The molecule has 1 saturated heterocycles. The van der Waals surface area contributed by atoms with E-state index in [-0.39, 0.29) is 5.91 Å². The van der Waals surface area contributed by atoms with Crippen molar-refractivity contribution >= 4 is 29.3 Å². The van der Waals surface area contributed by atoms with Crippen molar-refractivity contribution in [2.45, 2.75) is 13.8 Å². The smallest absolute Gasteiger partial charge is 0.276 e. The van der Waals surface area contributed by atoms with Gasteiger partial charge in [0.05, 0.1) is 5.69 Å². The Morgan fingerprint density at radius 1 is 1.56 bits per heavy atom. The molecule has 0 atom stereocenters. The number of carbonyl (C=O) groups excluding carboxylic acids is 1. The molecule has 0 unspecified atom stereocenters. The summed E-state index contributed by atoms with van der Waals surface area (Å²) < 4.78 is 1.70. The Morgan fingerprint density at radius 2 is 2.28 bits per heavy atom. The molecule has 0 saturated carbocycles. The summed E-state index contributed by atoms with van der Waals surface area (Å²) in [6.07, 6.45) is 3.46. The van der Waals surface area contributed by atoms with Crippen molar-refractivity contribution in [3.8, 4) is 0 Å². The molecular weight excluding hydrogens is 248 g/mol. The highest BCUT2D eigenvalue weighted by molar-refractivity contribution is 7.80. The molecule has 1 aliphatic rings. The van der Waals surface area contributed by atoms with E-state index in [9.17, 15) is 4.79 Å². The molecule has 1 aromatic heterocycles. The number of thiocarbonyl (C=S) groups is 1. The molecule has 2 heterocycles. The first kappa shape index (κ1) is 12.8. The number of nitrogens with one attached hydrogen (secondary N) is 1. The van der Waals surface area contributed by atoms with Gasteiger partial charge in [-0.1, -0.05) is 13.8 Å². The zero-order chi connectivity index (χ0) is 13.3.